The summed E-state index contributed by atoms with van der Waals surface area (Å²) in [5.41, 5.74) is 7.19. The number of benzene rings is 1. The van der Waals surface area contributed by atoms with E-state index >= 15 is 0 Å². The van der Waals surface area contributed by atoms with E-state index in [0.29, 0.717) is 6.04 Å². The molecule has 1 aromatic rings. The van der Waals surface area contributed by atoms with Gasteiger partial charge in [-0.05, 0) is 30.7 Å². The largest absolute Gasteiger partial charge is 0.394 e. The van der Waals surface area contributed by atoms with E-state index < -0.39 is 6.04 Å². The van der Waals surface area contributed by atoms with Crippen LogP contribution < -0.4 is 21.5 Å². The van der Waals surface area contributed by atoms with E-state index in [-0.39, 0.29) is 24.5 Å². The van der Waals surface area contributed by atoms with Crippen molar-refractivity contribution in [1.29, 1.82) is 0 Å². The lowest BCUT2D eigenvalue weighted by atomic mass is 9.89. The summed E-state index contributed by atoms with van der Waals surface area (Å²) in [6.07, 6.45) is 1.01. The number of piperidine rings is 1. The van der Waals surface area contributed by atoms with E-state index in [0.717, 1.165) is 29.5 Å². The van der Waals surface area contributed by atoms with E-state index in [2.05, 4.69) is 37.4 Å². The van der Waals surface area contributed by atoms with Crippen LogP contribution in [0.4, 0.5) is 0 Å². The number of nitrogens with one attached hydrogen (secondary N) is 4. The maximum atomic E-state index is 12.6. The molecule has 7 heteroatoms. The predicted octanol–water partition coefficient (Wildman–Crippen LogP) is 0.0532. The van der Waals surface area contributed by atoms with Gasteiger partial charge < -0.3 is 15.7 Å². The summed E-state index contributed by atoms with van der Waals surface area (Å²) in [6, 6.07) is 7.27. The van der Waals surface area contributed by atoms with Crippen molar-refractivity contribution in [3.05, 3.63) is 34.3 Å². The lowest BCUT2D eigenvalue weighted by Crippen LogP contribution is -2.50. The van der Waals surface area contributed by atoms with E-state index in [9.17, 15) is 9.90 Å². The molecule has 0 aromatic heterocycles. The molecule has 1 amide bonds. The van der Waals surface area contributed by atoms with Gasteiger partial charge in [-0.1, -0.05) is 28.1 Å². The minimum Gasteiger partial charge on any atom is -0.394 e. The van der Waals surface area contributed by atoms with Gasteiger partial charge >= 0.3 is 0 Å². The maximum absolute atomic E-state index is 12.6. The molecule has 0 aliphatic carbocycles. The van der Waals surface area contributed by atoms with E-state index in [4.69, 9.17) is 0 Å². The van der Waals surface area contributed by atoms with Crippen LogP contribution in [0.3, 0.4) is 0 Å². The summed E-state index contributed by atoms with van der Waals surface area (Å²) in [7, 11) is 0. The van der Waals surface area contributed by atoms with Crippen LogP contribution >= 0.6 is 15.9 Å². The normalized spacial score (nSPS) is 28.9. The summed E-state index contributed by atoms with van der Waals surface area (Å²) in [6.45, 7) is 1.67. The summed E-state index contributed by atoms with van der Waals surface area (Å²) in [5, 5.41) is 15.9. The van der Waals surface area contributed by atoms with Gasteiger partial charge in [0.05, 0.1) is 12.6 Å². The molecular weight excluding hydrogens is 348 g/mol. The van der Waals surface area contributed by atoms with Crippen LogP contribution in [0.2, 0.25) is 0 Å². The van der Waals surface area contributed by atoms with Crippen molar-refractivity contribution in [1.82, 2.24) is 21.5 Å². The average Bonchev–Trinajstić information content (AvgIpc) is 2.96. The zero-order chi connectivity index (χ0) is 15.5. The lowest BCUT2D eigenvalue weighted by Gasteiger charge is -2.28. The molecule has 0 radical (unpaired) electrons. The molecule has 120 valence electrons. The van der Waals surface area contributed by atoms with Gasteiger partial charge in [-0.25, -0.2) is 5.43 Å². The minimum atomic E-state index is -0.401. The van der Waals surface area contributed by atoms with Crippen LogP contribution in [0, 0.1) is 5.92 Å². The molecule has 2 fully saturated rings. The number of hydrogen-bond donors (Lipinski definition) is 5. The number of halogens is 1. The molecule has 22 heavy (non-hydrogen) atoms. The molecule has 0 bridgehead atoms. The molecule has 2 aliphatic heterocycles. The van der Waals surface area contributed by atoms with Crippen molar-refractivity contribution in [2.45, 2.75) is 24.5 Å². The van der Waals surface area contributed by atoms with Crippen LogP contribution in [0.5, 0.6) is 0 Å². The van der Waals surface area contributed by atoms with Crippen LogP contribution in [0.25, 0.3) is 0 Å². The highest BCUT2D eigenvalue weighted by Gasteiger charge is 2.41. The summed E-state index contributed by atoms with van der Waals surface area (Å²) in [4.78, 5) is 12.6. The Labute approximate surface area is 138 Å². The highest BCUT2D eigenvalue weighted by molar-refractivity contribution is 9.10. The zero-order valence-corrected chi connectivity index (χ0v) is 13.8. The Hall–Kier alpha value is -0.990. The average molecular weight is 369 g/mol. The molecule has 5 N–H and O–H groups in total. The third-order valence-corrected chi connectivity index (χ3v) is 4.91. The number of hydrogen-bond acceptors (Lipinski definition) is 5. The molecule has 4 atom stereocenters. The Morgan fingerprint density at radius 2 is 2.32 bits per heavy atom. The van der Waals surface area contributed by atoms with Gasteiger partial charge in [0.15, 0.2) is 0 Å². The minimum absolute atomic E-state index is 0.0808. The van der Waals surface area contributed by atoms with Gasteiger partial charge in [0.2, 0.25) is 5.91 Å². The molecule has 2 saturated heterocycles. The first-order chi connectivity index (χ1) is 10.7. The number of aliphatic hydroxyl groups excluding tert-OH is 1. The molecule has 0 spiro atoms. The first-order valence-corrected chi connectivity index (χ1v) is 8.37. The van der Waals surface area contributed by atoms with Crippen LogP contribution in [0.1, 0.15) is 18.0 Å². The van der Waals surface area contributed by atoms with Gasteiger partial charge in [-0.3, -0.25) is 10.2 Å². The first-order valence-electron chi connectivity index (χ1n) is 7.57. The van der Waals surface area contributed by atoms with Crippen molar-refractivity contribution in [3.8, 4) is 0 Å². The zero-order valence-electron chi connectivity index (χ0n) is 12.2. The molecule has 0 saturated carbocycles. The van der Waals surface area contributed by atoms with Gasteiger partial charge in [-0.2, -0.15) is 0 Å². The van der Waals surface area contributed by atoms with E-state index in [1.54, 1.807) is 0 Å². The van der Waals surface area contributed by atoms with Gasteiger partial charge in [0.25, 0.3) is 0 Å². The molecule has 1 aromatic carbocycles. The number of carbonyl (C=O) groups excluding carboxylic acids is 1. The number of fused-ring (bicyclic) bond motifs is 1. The first kappa shape index (κ1) is 15.9. The van der Waals surface area contributed by atoms with Gasteiger partial charge in [-0.15, -0.1) is 0 Å². The number of aliphatic hydroxyl groups is 1. The van der Waals surface area contributed by atoms with Crippen LogP contribution in [-0.4, -0.2) is 42.8 Å². The molecule has 2 heterocycles. The second kappa shape index (κ2) is 7.06. The maximum Gasteiger partial charge on any atom is 0.239 e. The van der Waals surface area contributed by atoms with Crippen LogP contribution in [-0.2, 0) is 4.79 Å². The number of carbonyl (C=O) groups is 1. The number of hydrazine groups is 1. The number of amides is 1. The lowest BCUT2D eigenvalue weighted by molar-refractivity contribution is -0.125. The predicted molar refractivity (Wildman–Crippen MR) is 86.9 cm³/mol. The fourth-order valence-corrected chi connectivity index (χ4v) is 3.61. The van der Waals surface area contributed by atoms with Crippen molar-refractivity contribution in [2.75, 3.05) is 19.7 Å². The molecule has 4 unspecified atom stereocenters. The molecule has 3 rings (SSSR count). The molecule has 6 nitrogen and oxygen atoms in total. The Morgan fingerprint density at radius 3 is 3.09 bits per heavy atom. The monoisotopic (exact) mass is 368 g/mol. The number of rotatable bonds is 4. The fourth-order valence-electron chi connectivity index (χ4n) is 3.20. The Morgan fingerprint density at radius 1 is 1.45 bits per heavy atom. The third-order valence-electron chi connectivity index (χ3n) is 4.41. The smallest absolute Gasteiger partial charge is 0.239 e. The van der Waals surface area contributed by atoms with Crippen LogP contribution in [0.15, 0.2) is 28.7 Å². The molecular formula is C15H21BrN4O2. The Balaban J connectivity index is 1.67. The standard InChI is InChI=1S/C15H21BrN4O2/c16-10-3-1-2-9(6-10)13(8-21)18-15(22)14-11-7-17-5-4-12(11)19-20-14/h1-3,6,11-14,17,19-21H,4-5,7-8H2,(H,18,22). The summed E-state index contributed by atoms with van der Waals surface area (Å²) in [5.74, 6) is 0.151. The molecule has 2 aliphatic rings. The second-order valence-corrected chi connectivity index (χ2v) is 6.74. The highest BCUT2D eigenvalue weighted by Crippen LogP contribution is 2.22. The van der Waals surface area contributed by atoms with E-state index in [1.807, 2.05) is 24.3 Å². The summed E-state index contributed by atoms with van der Waals surface area (Å²) < 4.78 is 0.926. The topological polar surface area (TPSA) is 85.4 Å². The van der Waals surface area contributed by atoms with E-state index in [1.165, 1.54) is 0 Å². The Bertz CT molecular complexity index is 542. The SMILES string of the molecule is O=C(NC(CO)c1cccc(Br)c1)C1NNC2CCNCC21. The van der Waals surface area contributed by atoms with Crippen molar-refractivity contribution >= 4 is 21.8 Å². The van der Waals surface area contributed by atoms with Gasteiger partial charge in [0, 0.05) is 23.0 Å². The highest BCUT2D eigenvalue weighted by atomic mass is 79.9. The quantitative estimate of drug-likeness (QED) is 0.518. The fraction of sp³-hybridized carbons (Fsp3) is 0.533. The third kappa shape index (κ3) is 3.33. The summed E-state index contributed by atoms with van der Waals surface area (Å²) >= 11 is 3.41. The van der Waals surface area contributed by atoms with Crippen molar-refractivity contribution < 1.29 is 9.90 Å². The van der Waals surface area contributed by atoms with Gasteiger partial charge in [0.1, 0.15) is 6.04 Å². The Kier molecular flexibility index (Phi) is 5.10. The second-order valence-electron chi connectivity index (χ2n) is 5.83. The van der Waals surface area contributed by atoms with Crippen molar-refractivity contribution in [2.24, 2.45) is 5.92 Å². The van der Waals surface area contributed by atoms with Crippen molar-refractivity contribution in [3.63, 3.8) is 0 Å².